The Balaban J connectivity index is 0.000000462. The van der Waals surface area contributed by atoms with Crippen LogP contribution in [0.2, 0.25) is 0 Å². The standard InChI is InChI=1S/C8H10AsNO5.C4H8O2S.C2H2N2S/c1-6(11)10-8-4-2-3-7(5-8)9(12,13)15-14;1-2-3(7)4(5)6;1-3-4-2-5-1/h2-5,14H,1H3,(H,10,11)(H,12,13);3,7H,2H2,1H3,(H,5,6);1-2H. The summed E-state index contributed by atoms with van der Waals surface area (Å²) in [6, 6.07) is 5.64. The molecule has 0 bridgehead atoms. The molecule has 1 heterocycles. The molecule has 0 saturated heterocycles. The van der Waals surface area contributed by atoms with Crippen LogP contribution in [-0.2, 0) is 17.2 Å². The molecule has 2 aromatic rings. The molecule has 1 amide bonds. The van der Waals surface area contributed by atoms with E-state index in [9.17, 15) is 17.4 Å². The molecule has 10 nitrogen and oxygen atoms in total. The van der Waals surface area contributed by atoms with Gasteiger partial charge >= 0.3 is 94.4 Å². The summed E-state index contributed by atoms with van der Waals surface area (Å²) in [6.07, 6.45) is 0.582. The van der Waals surface area contributed by atoms with Crippen LogP contribution in [0.3, 0.4) is 0 Å². The van der Waals surface area contributed by atoms with Crippen LogP contribution >= 0.6 is 24.0 Å². The Kier molecular flexibility index (Phi) is 12.6. The Hall–Kier alpha value is -1.69. The van der Waals surface area contributed by atoms with Crippen LogP contribution in [0, 0.1) is 0 Å². The Labute approximate surface area is 167 Å². The van der Waals surface area contributed by atoms with E-state index < -0.39 is 25.4 Å². The molecule has 0 aliphatic carbocycles. The summed E-state index contributed by atoms with van der Waals surface area (Å²) >= 11 is 0.391. The van der Waals surface area contributed by atoms with E-state index >= 15 is 0 Å². The van der Waals surface area contributed by atoms with Gasteiger partial charge in [-0.05, 0) is 6.42 Å². The summed E-state index contributed by atoms with van der Waals surface area (Å²) in [5, 5.41) is 25.3. The molecule has 13 heteroatoms. The zero-order valence-corrected chi connectivity index (χ0v) is 18.0. The predicted octanol–water partition coefficient (Wildman–Crippen LogP) is 1.02. The van der Waals surface area contributed by atoms with Crippen molar-refractivity contribution in [3.8, 4) is 0 Å². The molecule has 0 fully saturated rings. The zero-order chi connectivity index (χ0) is 20.9. The number of nitrogens with one attached hydrogen (secondary N) is 1. The number of thiol groups is 1. The van der Waals surface area contributed by atoms with E-state index in [1.165, 1.54) is 36.5 Å². The van der Waals surface area contributed by atoms with Gasteiger partial charge in [0.15, 0.2) is 0 Å². The molecule has 0 radical (unpaired) electrons. The molecule has 0 aliphatic heterocycles. The first kappa shape index (κ1) is 25.3. The van der Waals surface area contributed by atoms with Crippen molar-refractivity contribution in [2.75, 3.05) is 5.32 Å². The van der Waals surface area contributed by atoms with Gasteiger partial charge in [0, 0.05) is 0 Å². The zero-order valence-electron chi connectivity index (χ0n) is 14.4. The monoisotopic (exact) mass is 481 g/mol. The minimum absolute atomic E-state index is 0.0399. The summed E-state index contributed by atoms with van der Waals surface area (Å²) < 4.78 is 23.9. The Bertz CT molecular complexity index is 729. The molecule has 2 rings (SSSR count). The molecule has 4 N–H and O–H groups in total. The van der Waals surface area contributed by atoms with Gasteiger partial charge < -0.3 is 5.11 Å². The van der Waals surface area contributed by atoms with Crippen LogP contribution in [0.5, 0.6) is 0 Å². The molecule has 1 aromatic carbocycles. The number of amides is 1. The number of aromatic nitrogens is 2. The van der Waals surface area contributed by atoms with Crippen LogP contribution < -0.4 is 9.67 Å². The number of aliphatic carboxylic acids is 1. The fraction of sp³-hybridized carbons (Fsp3) is 0.286. The second-order valence-corrected chi connectivity index (χ2v) is 9.60. The maximum atomic E-state index is 11.3. The first-order valence-corrected chi connectivity index (χ1v) is 12.0. The van der Waals surface area contributed by atoms with Crippen LogP contribution in [0.4, 0.5) is 5.69 Å². The molecule has 2 unspecified atom stereocenters. The maximum absolute atomic E-state index is 11.3. The van der Waals surface area contributed by atoms with Crippen molar-refractivity contribution < 1.29 is 31.7 Å². The summed E-state index contributed by atoms with van der Waals surface area (Å²) in [6.45, 7) is 3.10. The second-order valence-electron chi connectivity index (χ2n) is 4.67. The number of hydrogen-bond acceptors (Lipinski definition) is 9. The minimum Gasteiger partial charge on any atom is -0.480 e. The van der Waals surface area contributed by atoms with Gasteiger partial charge in [0.25, 0.3) is 0 Å². The predicted molar refractivity (Wildman–Crippen MR) is 103 cm³/mol. The van der Waals surface area contributed by atoms with Gasteiger partial charge in [-0.3, -0.25) is 4.79 Å². The van der Waals surface area contributed by atoms with Gasteiger partial charge in [0.05, 0.1) is 5.25 Å². The van der Waals surface area contributed by atoms with Crippen molar-refractivity contribution in [2.24, 2.45) is 0 Å². The van der Waals surface area contributed by atoms with Crippen LogP contribution in [0.1, 0.15) is 20.3 Å². The number of carboxylic acids is 1. The van der Waals surface area contributed by atoms with Crippen molar-refractivity contribution in [1.29, 1.82) is 0 Å². The normalized spacial score (nSPS) is 12.9. The summed E-state index contributed by atoms with van der Waals surface area (Å²) in [7, 11) is 0. The van der Waals surface area contributed by atoms with Crippen molar-refractivity contribution in [3.05, 3.63) is 35.3 Å². The largest absolute Gasteiger partial charge is 0.480 e. The average Bonchev–Trinajstić information content (AvgIpc) is 3.21. The van der Waals surface area contributed by atoms with Gasteiger partial charge in [-0.2, -0.15) is 12.6 Å². The quantitative estimate of drug-likeness (QED) is 0.182. The molecule has 0 spiro atoms. The molecule has 0 aliphatic rings. The van der Waals surface area contributed by atoms with Crippen molar-refractivity contribution in [1.82, 2.24) is 10.2 Å². The number of carboxylic acid groups (broad SMARTS) is 1. The average molecular weight is 481 g/mol. The number of nitrogens with zero attached hydrogens (tertiary/aromatic N) is 2. The third kappa shape index (κ3) is 11.6. The van der Waals surface area contributed by atoms with Gasteiger partial charge in [0.1, 0.15) is 11.0 Å². The van der Waals surface area contributed by atoms with Gasteiger partial charge in [0.2, 0.25) is 0 Å². The van der Waals surface area contributed by atoms with Crippen LogP contribution in [0.15, 0.2) is 35.3 Å². The van der Waals surface area contributed by atoms with Crippen LogP contribution in [0.25, 0.3) is 0 Å². The van der Waals surface area contributed by atoms with Gasteiger partial charge in [-0.1, -0.05) is 6.92 Å². The van der Waals surface area contributed by atoms with E-state index in [-0.39, 0.29) is 10.3 Å². The Morgan fingerprint density at radius 2 is 1.96 bits per heavy atom. The summed E-state index contributed by atoms with van der Waals surface area (Å²) in [5.74, 6) is -1.14. The van der Waals surface area contributed by atoms with E-state index in [2.05, 4.69) is 32.0 Å². The second kappa shape index (κ2) is 13.5. The van der Waals surface area contributed by atoms with Gasteiger partial charge in [-0.25, -0.2) is 0 Å². The maximum Gasteiger partial charge on any atom is 0.316 e. The smallest absolute Gasteiger partial charge is 0.316 e. The topological polar surface area (TPSA) is 159 Å². The molecular formula is C14H20AsN3O7S2. The van der Waals surface area contributed by atoms with E-state index in [0.29, 0.717) is 12.1 Å². The van der Waals surface area contributed by atoms with E-state index in [4.69, 9.17) is 10.4 Å². The number of carbonyl (C=O) groups excluding carboxylic acids is 1. The Morgan fingerprint density at radius 3 is 2.30 bits per heavy atom. The number of carbonyl (C=O) groups is 2. The first-order valence-electron chi connectivity index (χ1n) is 7.27. The molecule has 1 aromatic heterocycles. The molecule has 27 heavy (non-hydrogen) atoms. The summed E-state index contributed by atoms with van der Waals surface area (Å²) in [5.41, 5.74) is 3.73. The number of anilines is 1. The number of benzene rings is 1. The molecule has 0 saturated carbocycles. The first-order chi connectivity index (χ1) is 12.6. The number of hydrogen-bond donors (Lipinski definition) is 5. The molecular weight excluding hydrogens is 461 g/mol. The van der Waals surface area contributed by atoms with Crippen molar-refractivity contribution >= 4 is 60.1 Å². The van der Waals surface area contributed by atoms with E-state index in [1.807, 2.05) is 0 Å². The van der Waals surface area contributed by atoms with E-state index in [0.717, 1.165) is 0 Å². The fourth-order valence-electron chi connectivity index (χ4n) is 1.32. The summed E-state index contributed by atoms with van der Waals surface area (Å²) in [4.78, 5) is 20.6. The van der Waals surface area contributed by atoms with Crippen molar-refractivity contribution in [2.45, 2.75) is 25.5 Å². The Morgan fingerprint density at radius 1 is 1.37 bits per heavy atom. The third-order valence-electron chi connectivity index (χ3n) is 2.56. The van der Waals surface area contributed by atoms with Gasteiger partial charge in [-0.15, -0.1) is 21.5 Å². The third-order valence-corrected chi connectivity index (χ3v) is 5.99. The molecule has 2 atom stereocenters. The molecule has 150 valence electrons. The SMILES string of the molecule is CC(=O)Nc1cccc([As](=O)(O)OO)c1.CCC(S)C(=O)O.c1nncs1. The minimum atomic E-state index is -4.83. The fourth-order valence-corrected chi connectivity index (χ4v) is 3.00. The number of rotatable bonds is 5. The van der Waals surface area contributed by atoms with Crippen LogP contribution in [-0.4, -0.2) is 56.0 Å². The van der Waals surface area contributed by atoms with E-state index in [1.54, 1.807) is 24.0 Å². The van der Waals surface area contributed by atoms with Crippen molar-refractivity contribution in [3.63, 3.8) is 0 Å².